The minimum Gasteiger partial charge on any atom is -0.393 e. The smallest absolute Gasteiger partial charge is 0.186 e. The summed E-state index contributed by atoms with van der Waals surface area (Å²) in [6, 6.07) is 0.650. The van der Waals surface area contributed by atoms with Gasteiger partial charge < -0.3 is 10.6 Å². The van der Waals surface area contributed by atoms with Gasteiger partial charge in [0.1, 0.15) is 4.60 Å². The van der Waals surface area contributed by atoms with Crippen molar-refractivity contribution in [1.82, 2.24) is 4.98 Å². The van der Waals surface area contributed by atoms with Crippen LogP contribution < -0.4 is 10.6 Å². The number of nitrogens with two attached hydrogens (primary N) is 1. The molecule has 0 bridgehead atoms. The molecule has 0 aliphatic heterocycles. The van der Waals surface area contributed by atoms with E-state index in [9.17, 15) is 0 Å². The van der Waals surface area contributed by atoms with E-state index in [1.54, 1.807) is 11.3 Å². The second-order valence-corrected chi connectivity index (χ2v) is 5.77. The topological polar surface area (TPSA) is 42.1 Å². The number of thiocarbonyl (C=S) groups is 1. The highest BCUT2D eigenvalue weighted by atomic mass is 79.9. The molecular weight excluding hydrogens is 294 g/mol. The first-order chi connectivity index (χ1) is 7.16. The Morgan fingerprint density at radius 3 is 2.93 bits per heavy atom. The second-order valence-electron chi connectivity index (χ2n) is 3.59. The zero-order chi connectivity index (χ0) is 10.8. The standard InChI is InChI=1S/C9H12BrN3S2/c10-7-5-15-9(12-7)13(6-1-2-6)4-3-8(11)14/h5-6H,1-4H2,(H2,11,14). The van der Waals surface area contributed by atoms with Crippen molar-refractivity contribution in [2.75, 3.05) is 11.4 Å². The lowest BCUT2D eigenvalue weighted by Gasteiger charge is -2.20. The summed E-state index contributed by atoms with van der Waals surface area (Å²) in [5.74, 6) is 0. The molecule has 1 saturated carbocycles. The highest BCUT2D eigenvalue weighted by Crippen LogP contribution is 2.34. The van der Waals surface area contributed by atoms with Gasteiger partial charge in [-0.15, -0.1) is 11.3 Å². The molecule has 1 aromatic heterocycles. The van der Waals surface area contributed by atoms with Crippen molar-refractivity contribution in [2.45, 2.75) is 25.3 Å². The summed E-state index contributed by atoms with van der Waals surface area (Å²) in [4.78, 5) is 7.32. The van der Waals surface area contributed by atoms with Crippen molar-refractivity contribution in [2.24, 2.45) is 5.73 Å². The van der Waals surface area contributed by atoms with Gasteiger partial charge in [-0.25, -0.2) is 4.98 Å². The van der Waals surface area contributed by atoms with Crippen LogP contribution in [0, 0.1) is 0 Å². The van der Waals surface area contributed by atoms with Gasteiger partial charge in [-0.2, -0.15) is 0 Å². The second kappa shape index (κ2) is 4.76. The van der Waals surface area contributed by atoms with Crippen LogP contribution in [0.4, 0.5) is 5.13 Å². The maximum Gasteiger partial charge on any atom is 0.186 e. The van der Waals surface area contributed by atoms with Crippen LogP contribution in [-0.2, 0) is 0 Å². The van der Waals surface area contributed by atoms with Crippen molar-refractivity contribution in [3.8, 4) is 0 Å². The highest BCUT2D eigenvalue weighted by molar-refractivity contribution is 9.10. The van der Waals surface area contributed by atoms with Gasteiger partial charge in [0.25, 0.3) is 0 Å². The first kappa shape index (κ1) is 11.3. The number of hydrogen-bond acceptors (Lipinski definition) is 4. The molecule has 1 aliphatic rings. The molecule has 0 saturated heterocycles. The summed E-state index contributed by atoms with van der Waals surface area (Å²) in [5, 5.41) is 3.08. The lowest BCUT2D eigenvalue weighted by atomic mass is 10.4. The molecule has 2 rings (SSSR count). The third kappa shape index (κ3) is 3.12. The monoisotopic (exact) mass is 305 g/mol. The number of aromatic nitrogens is 1. The van der Waals surface area contributed by atoms with E-state index in [2.05, 4.69) is 25.8 Å². The fourth-order valence-corrected chi connectivity index (χ4v) is 2.87. The Hall–Kier alpha value is -0.200. The molecule has 0 amide bonds. The van der Waals surface area contributed by atoms with E-state index in [-0.39, 0.29) is 0 Å². The Labute approximate surface area is 107 Å². The van der Waals surface area contributed by atoms with Crippen molar-refractivity contribution in [3.05, 3.63) is 9.98 Å². The number of halogens is 1. The predicted octanol–water partition coefficient (Wildman–Crippen LogP) is 2.55. The molecule has 2 N–H and O–H groups in total. The van der Waals surface area contributed by atoms with Gasteiger partial charge in [0, 0.05) is 24.4 Å². The maximum atomic E-state index is 5.52. The number of rotatable bonds is 5. The fraction of sp³-hybridized carbons (Fsp3) is 0.556. The maximum absolute atomic E-state index is 5.52. The van der Waals surface area contributed by atoms with Crippen molar-refractivity contribution in [1.29, 1.82) is 0 Å². The molecule has 0 atom stereocenters. The largest absolute Gasteiger partial charge is 0.393 e. The molecule has 0 aromatic carbocycles. The number of anilines is 1. The molecule has 0 unspecified atom stereocenters. The van der Waals surface area contributed by atoms with E-state index in [1.807, 2.05) is 5.38 Å². The lowest BCUT2D eigenvalue weighted by molar-refractivity contribution is 0.796. The summed E-state index contributed by atoms with van der Waals surface area (Å²) in [6.07, 6.45) is 3.28. The summed E-state index contributed by atoms with van der Waals surface area (Å²) in [5.41, 5.74) is 5.52. The SMILES string of the molecule is NC(=S)CCN(c1nc(Br)cs1)C1CC1. The summed E-state index contributed by atoms with van der Waals surface area (Å²) in [6.45, 7) is 0.889. The molecule has 1 fully saturated rings. The van der Waals surface area contributed by atoms with Gasteiger partial charge in [0.2, 0.25) is 0 Å². The van der Waals surface area contributed by atoms with Gasteiger partial charge in [-0.1, -0.05) is 12.2 Å². The molecule has 1 aromatic rings. The zero-order valence-electron chi connectivity index (χ0n) is 8.15. The quantitative estimate of drug-likeness (QED) is 0.849. The molecule has 15 heavy (non-hydrogen) atoms. The minimum absolute atomic E-state index is 0.580. The Kier molecular flexibility index (Phi) is 3.58. The molecule has 6 heteroatoms. The number of hydrogen-bond donors (Lipinski definition) is 1. The minimum atomic E-state index is 0.580. The van der Waals surface area contributed by atoms with E-state index in [4.69, 9.17) is 18.0 Å². The van der Waals surface area contributed by atoms with Gasteiger partial charge in [-0.3, -0.25) is 0 Å². The molecular formula is C9H12BrN3S2. The van der Waals surface area contributed by atoms with Gasteiger partial charge >= 0.3 is 0 Å². The van der Waals surface area contributed by atoms with Crippen LogP contribution in [-0.4, -0.2) is 22.6 Å². The molecule has 82 valence electrons. The molecule has 0 spiro atoms. The van der Waals surface area contributed by atoms with E-state index >= 15 is 0 Å². The van der Waals surface area contributed by atoms with E-state index in [0.29, 0.717) is 11.0 Å². The van der Waals surface area contributed by atoms with Crippen LogP contribution in [0.15, 0.2) is 9.98 Å². The zero-order valence-corrected chi connectivity index (χ0v) is 11.4. The Balaban J connectivity index is 2.02. The van der Waals surface area contributed by atoms with Crippen molar-refractivity contribution in [3.63, 3.8) is 0 Å². The normalized spacial score (nSPS) is 15.3. The predicted molar refractivity (Wildman–Crippen MR) is 71.6 cm³/mol. The Morgan fingerprint density at radius 1 is 1.73 bits per heavy atom. The van der Waals surface area contributed by atoms with Crippen LogP contribution in [0.1, 0.15) is 19.3 Å². The molecule has 1 aliphatic carbocycles. The third-order valence-electron chi connectivity index (χ3n) is 2.30. The van der Waals surface area contributed by atoms with Crippen LogP contribution >= 0.6 is 39.5 Å². The lowest BCUT2D eigenvalue weighted by Crippen LogP contribution is -2.29. The first-order valence-electron chi connectivity index (χ1n) is 4.83. The summed E-state index contributed by atoms with van der Waals surface area (Å²) >= 11 is 9.93. The van der Waals surface area contributed by atoms with Crippen LogP contribution in [0.2, 0.25) is 0 Å². The highest BCUT2D eigenvalue weighted by Gasteiger charge is 2.30. The van der Waals surface area contributed by atoms with Crippen LogP contribution in [0.3, 0.4) is 0 Å². The number of thiazole rings is 1. The van der Waals surface area contributed by atoms with E-state index in [0.717, 1.165) is 22.7 Å². The van der Waals surface area contributed by atoms with Gasteiger partial charge in [-0.05, 0) is 28.8 Å². The van der Waals surface area contributed by atoms with Crippen molar-refractivity contribution >= 4 is 49.6 Å². The summed E-state index contributed by atoms with van der Waals surface area (Å²) < 4.78 is 0.906. The average molecular weight is 306 g/mol. The molecule has 1 heterocycles. The Bertz CT molecular complexity index is 362. The average Bonchev–Trinajstić information content (AvgIpc) is 2.90. The first-order valence-corrected chi connectivity index (χ1v) is 6.91. The Morgan fingerprint density at radius 2 is 2.47 bits per heavy atom. The van der Waals surface area contributed by atoms with E-state index < -0.39 is 0 Å². The molecule has 0 radical (unpaired) electrons. The fourth-order valence-electron chi connectivity index (χ4n) is 1.43. The van der Waals surface area contributed by atoms with Gasteiger partial charge in [0.15, 0.2) is 5.13 Å². The summed E-state index contributed by atoms with van der Waals surface area (Å²) in [7, 11) is 0. The van der Waals surface area contributed by atoms with Crippen LogP contribution in [0.5, 0.6) is 0 Å². The van der Waals surface area contributed by atoms with Crippen LogP contribution in [0.25, 0.3) is 0 Å². The number of nitrogens with zero attached hydrogens (tertiary/aromatic N) is 2. The van der Waals surface area contributed by atoms with Gasteiger partial charge in [0.05, 0.1) is 4.99 Å². The van der Waals surface area contributed by atoms with E-state index in [1.165, 1.54) is 12.8 Å². The van der Waals surface area contributed by atoms with Crippen molar-refractivity contribution < 1.29 is 0 Å². The third-order valence-corrected chi connectivity index (χ3v) is 4.09. The molecule has 3 nitrogen and oxygen atoms in total.